The first-order valence-corrected chi connectivity index (χ1v) is 13.6. The van der Waals surface area contributed by atoms with Gasteiger partial charge in [-0.3, -0.25) is 4.79 Å². The zero-order chi connectivity index (χ0) is 24.5. The van der Waals surface area contributed by atoms with E-state index in [2.05, 4.69) is 10.8 Å². The van der Waals surface area contributed by atoms with Crippen molar-refractivity contribution in [3.63, 3.8) is 0 Å². The van der Waals surface area contributed by atoms with Crippen molar-refractivity contribution in [2.24, 2.45) is 0 Å². The van der Waals surface area contributed by atoms with Crippen molar-refractivity contribution in [3.8, 4) is 0 Å². The van der Waals surface area contributed by atoms with Crippen LogP contribution in [-0.2, 0) is 56.1 Å². The van der Waals surface area contributed by atoms with Gasteiger partial charge in [-0.1, -0.05) is 0 Å². The van der Waals surface area contributed by atoms with Crippen molar-refractivity contribution in [3.05, 3.63) is 12.3 Å². The Hall–Kier alpha value is -1.55. The van der Waals surface area contributed by atoms with Crippen molar-refractivity contribution in [2.45, 2.75) is 25.3 Å². The summed E-state index contributed by atoms with van der Waals surface area (Å²) < 4.78 is 62.2. The topological polar surface area (TPSA) is 142 Å². The Morgan fingerprint density at radius 2 is 1.31 bits per heavy atom. The third-order valence-electron chi connectivity index (χ3n) is 3.85. The zero-order valence-electron chi connectivity index (χ0n) is 19.1. The van der Waals surface area contributed by atoms with Crippen LogP contribution in [0.1, 0.15) is 19.3 Å². The quantitative estimate of drug-likeness (QED) is 0.0576. The van der Waals surface area contributed by atoms with Crippen LogP contribution in [0, 0.1) is 0 Å². The van der Waals surface area contributed by atoms with Crippen LogP contribution in [0.2, 0.25) is 6.04 Å². The highest BCUT2D eigenvalue weighted by Gasteiger charge is 2.36. The Balaban J connectivity index is 3.59. The van der Waals surface area contributed by atoms with Gasteiger partial charge in [0, 0.05) is 33.8 Å². The van der Waals surface area contributed by atoms with E-state index < -0.39 is 30.7 Å². The van der Waals surface area contributed by atoms with E-state index in [-0.39, 0.29) is 52.0 Å². The highest BCUT2D eigenvalue weighted by atomic mass is 32.2. The first-order valence-electron chi connectivity index (χ1n) is 9.81. The summed E-state index contributed by atoms with van der Waals surface area (Å²) in [6.45, 7) is 3.98. The zero-order valence-corrected chi connectivity index (χ0v) is 20.9. The molecule has 0 amide bonds. The van der Waals surface area contributed by atoms with Crippen LogP contribution in [-0.4, -0.2) is 96.4 Å². The number of rotatable bonds is 20. The molecule has 0 aromatic carbocycles. The SMILES string of the molecule is C=C(OS(C)(=O)=O)C(=O)OCCOCCOCCOC(=O)CCCC[Si](OC)(OC)OC. The van der Waals surface area contributed by atoms with Gasteiger partial charge in [-0.25, -0.2) is 4.79 Å². The van der Waals surface area contributed by atoms with Gasteiger partial charge in [0.05, 0.1) is 32.7 Å². The maximum absolute atomic E-state index is 11.7. The molecular formula is C18H34O12SSi. The monoisotopic (exact) mass is 502 g/mol. The fourth-order valence-corrected chi connectivity index (χ4v) is 4.50. The standard InChI is InChI=1S/C18H34O12SSi/c1-16(30-31(5,21)22)18(20)29-14-12-27-10-9-26-11-13-28-17(19)8-6-7-15-32(23-2,24-3)25-4/h1,6-15H2,2-5H3. The Kier molecular flexibility index (Phi) is 16.2. The summed E-state index contributed by atoms with van der Waals surface area (Å²) in [5.74, 6) is -1.93. The Labute approximate surface area is 190 Å². The molecule has 32 heavy (non-hydrogen) atoms. The number of unbranched alkanes of at least 4 members (excludes halogenated alkanes) is 1. The number of carbonyl (C=O) groups excluding carboxylic acids is 2. The van der Waals surface area contributed by atoms with E-state index in [1.807, 2.05) is 0 Å². The van der Waals surface area contributed by atoms with Gasteiger partial charge in [0.15, 0.2) is 0 Å². The Morgan fingerprint density at radius 1 is 0.812 bits per heavy atom. The number of hydrogen-bond acceptors (Lipinski definition) is 12. The summed E-state index contributed by atoms with van der Waals surface area (Å²) in [5.41, 5.74) is 0. The van der Waals surface area contributed by atoms with Gasteiger partial charge in [-0.2, -0.15) is 8.42 Å². The molecule has 0 fully saturated rings. The van der Waals surface area contributed by atoms with E-state index in [1.165, 1.54) is 0 Å². The Bertz CT molecular complexity index is 655. The lowest BCUT2D eigenvalue weighted by Crippen LogP contribution is -2.42. The molecule has 0 atom stereocenters. The van der Waals surface area contributed by atoms with E-state index >= 15 is 0 Å². The number of esters is 2. The number of ether oxygens (including phenoxy) is 4. The van der Waals surface area contributed by atoms with Crippen LogP contribution in [0.5, 0.6) is 0 Å². The van der Waals surface area contributed by atoms with Crippen LogP contribution in [0.4, 0.5) is 0 Å². The predicted octanol–water partition coefficient (Wildman–Crippen LogP) is 0.644. The maximum Gasteiger partial charge on any atom is 0.500 e. The molecule has 188 valence electrons. The van der Waals surface area contributed by atoms with Gasteiger partial charge in [-0.15, -0.1) is 0 Å². The third kappa shape index (κ3) is 15.3. The molecule has 0 aromatic heterocycles. The molecule has 0 saturated carbocycles. The van der Waals surface area contributed by atoms with E-state index in [4.69, 9.17) is 32.2 Å². The van der Waals surface area contributed by atoms with Crippen LogP contribution in [0.25, 0.3) is 0 Å². The van der Waals surface area contributed by atoms with Crippen LogP contribution in [0.3, 0.4) is 0 Å². The molecule has 0 unspecified atom stereocenters. The fourth-order valence-electron chi connectivity index (χ4n) is 2.27. The predicted molar refractivity (Wildman–Crippen MR) is 114 cm³/mol. The summed E-state index contributed by atoms with van der Waals surface area (Å²) in [4.78, 5) is 23.1. The van der Waals surface area contributed by atoms with Gasteiger partial charge in [0.1, 0.15) is 13.2 Å². The molecule has 0 aliphatic carbocycles. The molecule has 0 radical (unpaired) electrons. The summed E-state index contributed by atoms with van der Waals surface area (Å²) >= 11 is 0. The van der Waals surface area contributed by atoms with Crippen molar-refractivity contribution >= 4 is 30.9 Å². The summed E-state index contributed by atoms with van der Waals surface area (Å²) in [6, 6.07) is 0.620. The third-order valence-corrected chi connectivity index (χ3v) is 7.19. The van der Waals surface area contributed by atoms with E-state index in [1.54, 1.807) is 21.3 Å². The van der Waals surface area contributed by atoms with Gasteiger partial charge >= 0.3 is 30.9 Å². The summed E-state index contributed by atoms with van der Waals surface area (Å²) in [5, 5.41) is 0. The molecule has 0 N–H and O–H groups in total. The average molecular weight is 503 g/mol. The molecule has 14 heteroatoms. The lowest BCUT2D eigenvalue weighted by atomic mass is 10.2. The average Bonchev–Trinajstić information content (AvgIpc) is 2.74. The van der Waals surface area contributed by atoms with Gasteiger partial charge < -0.3 is 36.4 Å². The largest absolute Gasteiger partial charge is 0.500 e. The Morgan fingerprint density at radius 3 is 1.81 bits per heavy atom. The lowest BCUT2D eigenvalue weighted by molar-refractivity contribution is -0.146. The van der Waals surface area contributed by atoms with Gasteiger partial charge in [0.2, 0.25) is 5.76 Å². The fraction of sp³-hybridized carbons (Fsp3) is 0.778. The van der Waals surface area contributed by atoms with Gasteiger partial charge in [0.25, 0.3) is 0 Å². The highest BCUT2D eigenvalue weighted by Crippen LogP contribution is 2.17. The second-order valence-corrected chi connectivity index (χ2v) is 11.0. The second kappa shape index (κ2) is 17.0. The van der Waals surface area contributed by atoms with Crippen LogP contribution in [0.15, 0.2) is 12.3 Å². The van der Waals surface area contributed by atoms with E-state index in [9.17, 15) is 18.0 Å². The molecule has 0 heterocycles. The second-order valence-electron chi connectivity index (χ2n) is 6.29. The number of hydrogen-bond donors (Lipinski definition) is 0. The molecule has 12 nitrogen and oxygen atoms in total. The molecule has 0 spiro atoms. The maximum atomic E-state index is 11.7. The van der Waals surface area contributed by atoms with Crippen molar-refractivity contribution in [1.29, 1.82) is 0 Å². The minimum atomic E-state index is -3.83. The minimum Gasteiger partial charge on any atom is -0.463 e. The van der Waals surface area contributed by atoms with Crippen molar-refractivity contribution in [1.82, 2.24) is 0 Å². The smallest absolute Gasteiger partial charge is 0.463 e. The van der Waals surface area contributed by atoms with Gasteiger partial charge in [-0.05, 0) is 19.4 Å². The van der Waals surface area contributed by atoms with E-state index in [0.29, 0.717) is 12.5 Å². The number of carbonyl (C=O) groups is 2. The molecule has 0 aliphatic rings. The summed E-state index contributed by atoms with van der Waals surface area (Å²) in [7, 11) is -1.79. The van der Waals surface area contributed by atoms with Crippen LogP contribution >= 0.6 is 0 Å². The molecular weight excluding hydrogens is 468 g/mol. The summed E-state index contributed by atoms with van der Waals surface area (Å²) in [6.07, 6.45) is 2.43. The van der Waals surface area contributed by atoms with E-state index in [0.717, 1.165) is 12.7 Å². The molecule has 0 aliphatic heterocycles. The van der Waals surface area contributed by atoms with Crippen LogP contribution < -0.4 is 0 Å². The first kappa shape index (κ1) is 30.4. The molecule has 0 rings (SSSR count). The first-order chi connectivity index (χ1) is 15.1. The highest BCUT2D eigenvalue weighted by molar-refractivity contribution is 7.86. The molecule has 0 aromatic rings. The molecule has 0 saturated heterocycles. The minimum absolute atomic E-state index is 0.0790. The molecule has 0 bridgehead atoms. The lowest BCUT2D eigenvalue weighted by Gasteiger charge is -2.24. The van der Waals surface area contributed by atoms with Crippen molar-refractivity contribution < 1.29 is 54.4 Å². The van der Waals surface area contributed by atoms with Crippen molar-refractivity contribution in [2.75, 3.05) is 67.2 Å². The normalized spacial score (nSPS) is 11.8.